The number of aromatic hydroxyl groups is 1. The number of anilines is 2. The molecular formula is C30H33Cl2N3O2. The Kier molecular flexibility index (Phi) is 7.04. The van der Waals surface area contributed by atoms with E-state index in [1.165, 1.54) is 45.3 Å². The van der Waals surface area contributed by atoms with Gasteiger partial charge in [-0.3, -0.25) is 9.78 Å². The fraction of sp³-hybridized carbons (Fsp3) is 0.467. The molecule has 2 aliphatic carbocycles. The van der Waals surface area contributed by atoms with Gasteiger partial charge in [0.2, 0.25) is 0 Å². The van der Waals surface area contributed by atoms with Gasteiger partial charge in [-0.25, -0.2) is 0 Å². The van der Waals surface area contributed by atoms with Crippen LogP contribution < -0.4 is 4.90 Å². The highest BCUT2D eigenvalue weighted by Crippen LogP contribution is 2.42. The van der Waals surface area contributed by atoms with Crippen molar-refractivity contribution in [3.8, 4) is 5.75 Å². The molecule has 7 heteroatoms. The van der Waals surface area contributed by atoms with Gasteiger partial charge in [-0.2, -0.15) is 0 Å². The summed E-state index contributed by atoms with van der Waals surface area (Å²) < 4.78 is 0. The summed E-state index contributed by atoms with van der Waals surface area (Å²) in [5.74, 6) is 1.01. The van der Waals surface area contributed by atoms with Gasteiger partial charge in [0.1, 0.15) is 0 Å². The lowest BCUT2D eigenvalue weighted by Gasteiger charge is -2.39. The van der Waals surface area contributed by atoms with Crippen molar-refractivity contribution in [3.63, 3.8) is 0 Å². The Labute approximate surface area is 228 Å². The highest BCUT2D eigenvalue weighted by atomic mass is 35.5. The van der Waals surface area contributed by atoms with E-state index in [0.29, 0.717) is 5.56 Å². The highest BCUT2D eigenvalue weighted by molar-refractivity contribution is 6.37. The van der Waals surface area contributed by atoms with Gasteiger partial charge in [-0.15, -0.1) is 0 Å². The molecule has 0 amide bonds. The molecule has 0 atom stereocenters. The minimum Gasteiger partial charge on any atom is -0.505 e. The zero-order chi connectivity index (χ0) is 25.5. The highest BCUT2D eigenvalue weighted by Gasteiger charge is 2.31. The first-order valence-corrected chi connectivity index (χ1v) is 14.4. The molecule has 1 aromatic heterocycles. The van der Waals surface area contributed by atoms with Crippen LogP contribution in [0, 0.1) is 11.8 Å². The van der Waals surface area contributed by atoms with Gasteiger partial charge >= 0.3 is 0 Å². The number of aromatic nitrogens is 1. The quantitative estimate of drug-likeness (QED) is 0.314. The summed E-state index contributed by atoms with van der Waals surface area (Å²) in [4.78, 5) is 22.2. The maximum absolute atomic E-state index is 12.7. The number of fused-ring (bicyclic) bond motifs is 1. The molecule has 0 radical (unpaired) electrons. The van der Waals surface area contributed by atoms with Crippen molar-refractivity contribution in [3.05, 3.63) is 58.2 Å². The van der Waals surface area contributed by atoms with Gasteiger partial charge in [-0.1, -0.05) is 23.2 Å². The molecule has 3 fully saturated rings. The van der Waals surface area contributed by atoms with Crippen LogP contribution in [0.1, 0.15) is 61.7 Å². The first-order valence-electron chi connectivity index (χ1n) is 13.6. The average molecular weight is 539 g/mol. The number of likely N-dealkylation sites (tertiary alicyclic amines) is 1. The fourth-order valence-electron chi connectivity index (χ4n) is 6.16. The van der Waals surface area contributed by atoms with E-state index in [0.717, 1.165) is 53.9 Å². The Balaban J connectivity index is 1.32. The number of Topliss-reactive ketones (excluding diaryl/α,β-unsaturated/α-hetero) is 1. The van der Waals surface area contributed by atoms with Crippen molar-refractivity contribution in [1.29, 1.82) is 0 Å². The maximum atomic E-state index is 12.7. The van der Waals surface area contributed by atoms with E-state index in [1.807, 2.05) is 12.1 Å². The third-order valence-corrected chi connectivity index (χ3v) is 8.93. The lowest BCUT2D eigenvalue weighted by Crippen LogP contribution is -2.37. The van der Waals surface area contributed by atoms with Gasteiger partial charge in [0.15, 0.2) is 11.5 Å². The van der Waals surface area contributed by atoms with E-state index in [2.05, 4.69) is 26.9 Å². The number of pyridine rings is 1. The molecule has 2 aromatic carbocycles. The standard InChI is InChI=1S/C30H33Cl2N3O2/c31-26-15-25(16-27(32)30(26)37)35(23-7-3-19(4-8-23)18-34-11-1-2-12-34)24-9-10-28-21(14-24)13-22(17-33-28)29(36)20-5-6-20/h9-10,13-17,19-20,23,37H,1-8,11-12,18H2. The molecule has 0 unspecified atom stereocenters. The molecule has 1 N–H and O–H groups in total. The minimum atomic E-state index is -0.0905. The molecule has 5 nitrogen and oxygen atoms in total. The second kappa shape index (κ2) is 10.4. The molecule has 6 rings (SSSR count). The van der Waals surface area contributed by atoms with E-state index in [9.17, 15) is 9.90 Å². The van der Waals surface area contributed by atoms with Gasteiger partial charge in [0.25, 0.3) is 0 Å². The third-order valence-electron chi connectivity index (χ3n) is 8.35. The first-order chi connectivity index (χ1) is 18.0. The summed E-state index contributed by atoms with van der Waals surface area (Å²) in [6.07, 6.45) is 10.9. The summed E-state index contributed by atoms with van der Waals surface area (Å²) in [7, 11) is 0. The van der Waals surface area contributed by atoms with Crippen LogP contribution in [0.15, 0.2) is 42.6 Å². The van der Waals surface area contributed by atoms with Crippen LogP contribution in [0.4, 0.5) is 11.4 Å². The largest absolute Gasteiger partial charge is 0.505 e. The monoisotopic (exact) mass is 537 g/mol. The smallest absolute Gasteiger partial charge is 0.167 e. The van der Waals surface area contributed by atoms with Crippen molar-refractivity contribution >= 4 is 51.3 Å². The predicted molar refractivity (Wildman–Crippen MR) is 150 cm³/mol. The molecule has 0 spiro atoms. The minimum absolute atomic E-state index is 0.0905. The van der Waals surface area contributed by atoms with Gasteiger partial charge in [0, 0.05) is 47.0 Å². The summed E-state index contributed by atoms with van der Waals surface area (Å²) in [6.45, 7) is 3.70. The van der Waals surface area contributed by atoms with Crippen LogP contribution in [0.5, 0.6) is 5.75 Å². The van der Waals surface area contributed by atoms with E-state index in [4.69, 9.17) is 23.2 Å². The molecule has 194 valence electrons. The number of halogens is 2. The Morgan fingerprint density at radius 2 is 1.65 bits per heavy atom. The Hall–Kier alpha value is -2.34. The second-order valence-electron chi connectivity index (χ2n) is 11.0. The van der Waals surface area contributed by atoms with Crippen molar-refractivity contribution in [2.24, 2.45) is 11.8 Å². The number of carbonyl (C=O) groups is 1. The van der Waals surface area contributed by atoms with Crippen LogP contribution in [0.2, 0.25) is 10.0 Å². The van der Waals surface area contributed by atoms with Gasteiger partial charge in [-0.05, 0) is 107 Å². The van der Waals surface area contributed by atoms with Crippen molar-refractivity contribution < 1.29 is 9.90 Å². The number of ketones is 1. The van der Waals surface area contributed by atoms with E-state index in [1.54, 1.807) is 18.3 Å². The Morgan fingerprint density at radius 3 is 2.32 bits per heavy atom. The van der Waals surface area contributed by atoms with Crippen molar-refractivity contribution in [2.45, 2.75) is 57.4 Å². The van der Waals surface area contributed by atoms with Crippen LogP contribution in [0.25, 0.3) is 10.9 Å². The third kappa shape index (κ3) is 5.32. The number of hydrogen-bond donors (Lipinski definition) is 1. The normalized spacial score (nSPS) is 22.4. The molecule has 1 aliphatic heterocycles. The lowest BCUT2D eigenvalue weighted by molar-refractivity contribution is 0.0967. The number of rotatable bonds is 7. The molecule has 3 aliphatic rings. The van der Waals surface area contributed by atoms with Crippen molar-refractivity contribution in [1.82, 2.24) is 9.88 Å². The average Bonchev–Trinajstić information content (AvgIpc) is 3.64. The summed E-state index contributed by atoms with van der Waals surface area (Å²) in [6, 6.07) is 12.1. The number of phenols is 1. The first kappa shape index (κ1) is 25.0. The topological polar surface area (TPSA) is 56.7 Å². The molecule has 0 bridgehead atoms. The Morgan fingerprint density at radius 1 is 0.946 bits per heavy atom. The molecule has 1 saturated heterocycles. The van der Waals surface area contributed by atoms with Gasteiger partial charge in [0.05, 0.1) is 15.6 Å². The molecular weight excluding hydrogens is 505 g/mol. The van der Waals surface area contributed by atoms with Crippen LogP contribution in [-0.4, -0.2) is 46.4 Å². The van der Waals surface area contributed by atoms with Crippen molar-refractivity contribution in [2.75, 3.05) is 24.5 Å². The van der Waals surface area contributed by atoms with E-state index >= 15 is 0 Å². The molecule has 37 heavy (non-hydrogen) atoms. The van der Waals surface area contributed by atoms with Gasteiger partial charge < -0.3 is 14.9 Å². The van der Waals surface area contributed by atoms with Crippen LogP contribution in [-0.2, 0) is 0 Å². The summed E-state index contributed by atoms with van der Waals surface area (Å²) in [5, 5.41) is 11.7. The number of carbonyl (C=O) groups excluding carboxylic acids is 1. The lowest BCUT2D eigenvalue weighted by atomic mass is 9.84. The second-order valence-corrected chi connectivity index (χ2v) is 11.9. The SMILES string of the molecule is O=C(c1cnc2ccc(N(c3cc(Cl)c(O)c(Cl)c3)C3CCC(CN4CCCC4)CC3)cc2c1)C1CC1. The number of phenolic OH excluding ortho intramolecular Hbond substituents is 1. The predicted octanol–water partition coefficient (Wildman–Crippen LogP) is 7.63. The maximum Gasteiger partial charge on any atom is 0.167 e. The molecule has 3 aromatic rings. The summed E-state index contributed by atoms with van der Waals surface area (Å²) in [5.41, 5.74) is 3.45. The number of hydrogen-bond acceptors (Lipinski definition) is 5. The van der Waals surface area contributed by atoms with E-state index in [-0.39, 0.29) is 33.5 Å². The van der Waals surface area contributed by atoms with E-state index < -0.39 is 0 Å². The Bertz CT molecular complexity index is 1290. The number of benzene rings is 2. The summed E-state index contributed by atoms with van der Waals surface area (Å²) >= 11 is 12.8. The van der Waals surface area contributed by atoms with Crippen LogP contribution >= 0.6 is 23.2 Å². The fourth-order valence-corrected chi connectivity index (χ4v) is 6.64. The number of nitrogens with zero attached hydrogens (tertiary/aromatic N) is 3. The van der Waals surface area contributed by atoms with Crippen LogP contribution in [0.3, 0.4) is 0 Å². The zero-order valence-electron chi connectivity index (χ0n) is 21.0. The zero-order valence-corrected chi connectivity index (χ0v) is 22.5. The molecule has 2 saturated carbocycles. The molecule has 2 heterocycles.